The molecule has 0 aliphatic rings. The highest BCUT2D eigenvalue weighted by atomic mass is 15.3. The molecular weight excluding hydrogens is 394 g/mol. The van der Waals surface area contributed by atoms with E-state index in [2.05, 4.69) is 106 Å². The highest BCUT2D eigenvalue weighted by Crippen LogP contribution is 2.34. The molecule has 0 radical (unpaired) electrons. The van der Waals surface area contributed by atoms with Gasteiger partial charge < -0.3 is 15.5 Å². The van der Waals surface area contributed by atoms with Crippen molar-refractivity contribution in [2.45, 2.75) is 26.9 Å². The van der Waals surface area contributed by atoms with E-state index >= 15 is 0 Å². The molecule has 162 valence electrons. The molecule has 1 aromatic heterocycles. The number of hydrogen-bond donors (Lipinski definition) is 1. The van der Waals surface area contributed by atoms with Crippen molar-refractivity contribution in [3.8, 4) is 0 Å². The Labute approximate surface area is 190 Å². The molecule has 0 amide bonds. The van der Waals surface area contributed by atoms with Crippen molar-refractivity contribution in [1.29, 1.82) is 0 Å². The smallest absolute Gasteiger partial charge is 0.161 e. The maximum absolute atomic E-state index is 6.74. The van der Waals surface area contributed by atoms with Gasteiger partial charge in [0.2, 0.25) is 0 Å². The lowest BCUT2D eigenvalue weighted by Gasteiger charge is -2.29. The van der Waals surface area contributed by atoms with Crippen LogP contribution in [0.5, 0.6) is 0 Å². The topological polar surface area (TPSA) is 58.3 Å². The van der Waals surface area contributed by atoms with Crippen molar-refractivity contribution in [2.24, 2.45) is 0 Å². The first-order valence-corrected chi connectivity index (χ1v) is 10.9. The summed E-state index contributed by atoms with van der Waals surface area (Å²) >= 11 is 0. The predicted molar refractivity (Wildman–Crippen MR) is 133 cm³/mol. The average Bonchev–Trinajstić information content (AvgIpc) is 2.82. The van der Waals surface area contributed by atoms with Gasteiger partial charge in [-0.3, -0.25) is 0 Å². The van der Waals surface area contributed by atoms with E-state index in [1.807, 2.05) is 12.1 Å². The monoisotopic (exact) mass is 423 g/mol. The maximum Gasteiger partial charge on any atom is 0.161 e. The summed E-state index contributed by atoms with van der Waals surface area (Å²) in [6, 6.07) is 29.2. The van der Waals surface area contributed by atoms with Gasteiger partial charge in [-0.15, -0.1) is 0 Å². The van der Waals surface area contributed by atoms with Crippen molar-refractivity contribution >= 4 is 23.0 Å². The molecule has 0 fully saturated rings. The number of nitrogens with two attached hydrogens (primary N) is 1. The Balaban J connectivity index is 1.74. The fraction of sp³-hybridized carbons (Fsp3) is 0.185. The minimum absolute atomic E-state index is 0.586. The van der Waals surface area contributed by atoms with E-state index in [0.29, 0.717) is 18.8 Å². The molecule has 3 aromatic carbocycles. The summed E-state index contributed by atoms with van der Waals surface area (Å²) < 4.78 is 0. The molecule has 5 heteroatoms. The second kappa shape index (κ2) is 9.96. The summed E-state index contributed by atoms with van der Waals surface area (Å²) in [6.07, 6.45) is 1.61. The van der Waals surface area contributed by atoms with Gasteiger partial charge in [0, 0.05) is 25.3 Å². The first-order valence-electron chi connectivity index (χ1n) is 10.9. The summed E-state index contributed by atoms with van der Waals surface area (Å²) in [4.78, 5) is 13.6. The number of anilines is 4. The lowest BCUT2D eigenvalue weighted by Crippen LogP contribution is -2.26. The average molecular weight is 424 g/mol. The van der Waals surface area contributed by atoms with Crippen molar-refractivity contribution in [3.63, 3.8) is 0 Å². The molecule has 0 unspecified atom stereocenters. The van der Waals surface area contributed by atoms with Gasteiger partial charge >= 0.3 is 0 Å². The Morgan fingerprint density at radius 2 is 1.34 bits per heavy atom. The molecule has 0 aliphatic carbocycles. The van der Waals surface area contributed by atoms with E-state index in [1.165, 1.54) is 16.7 Å². The Morgan fingerprint density at radius 3 is 1.91 bits per heavy atom. The second-order valence-corrected chi connectivity index (χ2v) is 7.85. The maximum atomic E-state index is 6.74. The third-order valence-corrected chi connectivity index (χ3v) is 5.46. The van der Waals surface area contributed by atoms with Crippen molar-refractivity contribution in [3.05, 3.63) is 108 Å². The summed E-state index contributed by atoms with van der Waals surface area (Å²) in [5.74, 6) is 1.48. The summed E-state index contributed by atoms with van der Waals surface area (Å²) in [5, 5.41) is 0. The van der Waals surface area contributed by atoms with Gasteiger partial charge in [-0.1, -0.05) is 72.8 Å². The Hall–Kier alpha value is -3.86. The molecule has 0 saturated carbocycles. The molecule has 2 N–H and O–H groups in total. The van der Waals surface area contributed by atoms with Gasteiger partial charge in [0.05, 0.1) is 0 Å². The SMILES string of the molecule is CCN(c1cccc(C)c1)c1ncnc(N(Cc2ccccc2)Cc2ccccc2)c1N. The van der Waals surface area contributed by atoms with Crippen LogP contribution in [0.15, 0.2) is 91.3 Å². The van der Waals surface area contributed by atoms with Crippen molar-refractivity contribution in [2.75, 3.05) is 22.1 Å². The molecule has 0 saturated heterocycles. The molecule has 0 spiro atoms. The van der Waals surface area contributed by atoms with Gasteiger partial charge in [-0.05, 0) is 42.7 Å². The minimum Gasteiger partial charge on any atom is -0.393 e. The molecule has 0 bridgehead atoms. The molecular formula is C27H29N5. The number of rotatable bonds is 8. The molecule has 4 aromatic rings. The highest BCUT2D eigenvalue weighted by Gasteiger charge is 2.20. The quantitative estimate of drug-likeness (QED) is 0.392. The van der Waals surface area contributed by atoms with Crippen LogP contribution in [0.4, 0.5) is 23.0 Å². The molecule has 0 aliphatic heterocycles. The zero-order valence-electron chi connectivity index (χ0n) is 18.6. The Kier molecular flexibility index (Phi) is 6.66. The van der Waals surface area contributed by atoms with E-state index in [4.69, 9.17) is 5.73 Å². The van der Waals surface area contributed by atoms with E-state index in [9.17, 15) is 0 Å². The number of aryl methyl sites for hydroxylation is 1. The van der Waals surface area contributed by atoms with Crippen LogP contribution in [0.25, 0.3) is 0 Å². The van der Waals surface area contributed by atoms with E-state index < -0.39 is 0 Å². The number of nitrogen functional groups attached to an aromatic ring is 1. The van der Waals surface area contributed by atoms with Crippen LogP contribution in [0, 0.1) is 6.92 Å². The van der Waals surface area contributed by atoms with Crippen LogP contribution < -0.4 is 15.5 Å². The van der Waals surface area contributed by atoms with Crippen LogP contribution in [0.3, 0.4) is 0 Å². The van der Waals surface area contributed by atoms with Crippen molar-refractivity contribution in [1.82, 2.24) is 9.97 Å². The van der Waals surface area contributed by atoms with Crippen LogP contribution in [-0.2, 0) is 13.1 Å². The van der Waals surface area contributed by atoms with Crippen molar-refractivity contribution < 1.29 is 0 Å². The predicted octanol–water partition coefficient (Wildman–Crippen LogP) is 5.73. The van der Waals surface area contributed by atoms with E-state index in [1.54, 1.807) is 6.33 Å². The third-order valence-electron chi connectivity index (χ3n) is 5.46. The van der Waals surface area contributed by atoms with Gasteiger partial charge in [-0.2, -0.15) is 0 Å². The molecule has 5 nitrogen and oxygen atoms in total. The largest absolute Gasteiger partial charge is 0.393 e. The van der Waals surface area contributed by atoms with Crippen LogP contribution in [0.2, 0.25) is 0 Å². The first-order chi connectivity index (χ1) is 15.7. The van der Waals surface area contributed by atoms with Gasteiger partial charge in [0.15, 0.2) is 11.6 Å². The van der Waals surface area contributed by atoms with E-state index in [0.717, 1.165) is 23.9 Å². The summed E-state index contributed by atoms with van der Waals surface area (Å²) in [6.45, 7) is 6.35. The number of hydrogen-bond acceptors (Lipinski definition) is 5. The minimum atomic E-state index is 0.586. The molecule has 32 heavy (non-hydrogen) atoms. The normalized spacial score (nSPS) is 10.7. The summed E-state index contributed by atoms with van der Waals surface area (Å²) in [5.41, 5.74) is 12.0. The zero-order valence-corrected chi connectivity index (χ0v) is 18.6. The highest BCUT2D eigenvalue weighted by molar-refractivity contribution is 5.79. The Morgan fingerprint density at radius 1 is 0.750 bits per heavy atom. The molecule has 1 heterocycles. The number of nitrogens with zero attached hydrogens (tertiary/aromatic N) is 4. The van der Waals surface area contributed by atoms with Gasteiger partial charge in [0.1, 0.15) is 12.0 Å². The summed E-state index contributed by atoms with van der Waals surface area (Å²) in [7, 11) is 0. The van der Waals surface area contributed by atoms with E-state index in [-0.39, 0.29) is 0 Å². The number of aromatic nitrogens is 2. The van der Waals surface area contributed by atoms with Crippen LogP contribution >= 0.6 is 0 Å². The zero-order chi connectivity index (χ0) is 22.3. The first kappa shape index (κ1) is 21.4. The standard InChI is InChI=1S/C27H29N5/c1-3-32(24-16-10-11-21(2)17-24)27-25(28)26(29-20-30-27)31(18-22-12-6-4-7-13-22)19-23-14-8-5-9-15-23/h4-17,20H,3,18-19,28H2,1-2H3. The number of benzene rings is 3. The van der Waals surface area contributed by atoms with Crippen LogP contribution in [-0.4, -0.2) is 16.5 Å². The van der Waals surface area contributed by atoms with Gasteiger partial charge in [-0.25, -0.2) is 9.97 Å². The molecule has 4 rings (SSSR count). The molecule has 0 atom stereocenters. The fourth-order valence-corrected chi connectivity index (χ4v) is 3.91. The van der Waals surface area contributed by atoms with Crippen LogP contribution in [0.1, 0.15) is 23.6 Å². The lowest BCUT2D eigenvalue weighted by molar-refractivity contribution is 0.781. The third kappa shape index (κ3) is 4.89. The Bertz CT molecular complexity index is 1100. The lowest BCUT2D eigenvalue weighted by atomic mass is 10.1. The van der Waals surface area contributed by atoms with Gasteiger partial charge in [0.25, 0.3) is 0 Å². The second-order valence-electron chi connectivity index (χ2n) is 7.85. The fourth-order valence-electron chi connectivity index (χ4n) is 3.91.